The van der Waals surface area contributed by atoms with Crippen LogP contribution in [0, 0.1) is 0 Å². The molecule has 0 unspecified atom stereocenters. The maximum absolute atomic E-state index is 10.9. The highest BCUT2D eigenvalue weighted by molar-refractivity contribution is 8.15. The standard InChI is InChI=1S/C12H12ClN3O2S/c1-18-10-3-2-8(4-9(10)5-13)6-14-16-12-15-11(17)7-19-12/h2-4,6H,5,7H2,1H3,(H,15,16,17). The van der Waals surface area contributed by atoms with E-state index in [0.29, 0.717) is 16.8 Å². The zero-order chi connectivity index (χ0) is 13.7. The lowest BCUT2D eigenvalue weighted by molar-refractivity contribution is -0.116. The normalized spacial score (nSPS) is 17.2. The second-order valence-electron chi connectivity index (χ2n) is 3.69. The number of rotatable bonds is 4. The zero-order valence-corrected chi connectivity index (χ0v) is 11.8. The molecule has 0 spiro atoms. The predicted octanol–water partition coefficient (Wildman–Crippen LogP) is 1.99. The van der Waals surface area contributed by atoms with Gasteiger partial charge in [-0.1, -0.05) is 11.8 Å². The van der Waals surface area contributed by atoms with Crippen LogP contribution >= 0.6 is 23.4 Å². The number of benzene rings is 1. The van der Waals surface area contributed by atoms with Crippen molar-refractivity contribution in [1.82, 2.24) is 5.32 Å². The van der Waals surface area contributed by atoms with Crippen LogP contribution in [0.25, 0.3) is 0 Å². The summed E-state index contributed by atoms with van der Waals surface area (Å²) in [5.41, 5.74) is 1.76. The van der Waals surface area contributed by atoms with E-state index >= 15 is 0 Å². The summed E-state index contributed by atoms with van der Waals surface area (Å²) in [6.45, 7) is 0. The molecule has 19 heavy (non-hydrogen) atoms. The van der Waals surface area contributed by atoms with Crippen LogP contribution in [0.1, 0.15) is 11.1 Å². The number of nitrogens with zero attached hydrogens (tertiary/aromatic N) is 2. The maximum atomic E-state index is 10.9. The van der Waals surface area contributed by atoms with Crippen LogP contribution in [0.4, 0.5) is 0 Å². The molecular formula is C12H12ClN3O2S. The average molecular weight is 298 g/mol. The van der Waals surface area contributed by atoms with Gasteiger partial charge in [0.05, 0.1) is 25.0 Å². The Hall–Kier alpha value is -1.53. The van der Waals surface area contributed by atoms with E-state index in [9.17, 15) is 4.79 Å². The van der Waals surface area contributed by atoms with E-state index in [-0.39, 0.29) is 5.91 Å². The molecule has 1 N–H and O–H groups in total. The van der Waals surface area contributed by atoms with Crippen molar-refractivity contribution in [2.75, 3.05) is 12.9 Å². The van der Waals surface area contributed by atoms with E-state index < -0.39 is 0 Å². The minimum absolute atomic E-state index is 0.0483. The lowest BCUT2D eigenvalue weighted by Crippen LogP contribution is -2.19. The number of thioether (sulfide) groups is 1. The first-order chi connectivity index (χ1) is 9.22. The van der Waals surface area contributed by atoms with Gasteiger partial charge in [0.1, 0.15) is 5.75 Å². The number of carbonyl (C=O) groups excluding carboxylic acids is 1. The highest BCUT2D eigenvalue weighted by Crippen LogP contribution is 2.21. The highest BCUT2D eigenvalue weighted by atomic mass is 35.5. The number of methoxy groups -OCH3 is 1. The lowest BCUT2D eigenvalue weighted by atomic mass is 10.1. The molecule has 0 aliphatic carbocycles. The van der Waals surface area contributed by atoms with Gasteiger partial charge < -0.3 is 10.1 Å². The van der Waals surface area contributed by atoms with Crippen LogP contribution in [-0.4, -0.2) is 30.2 Å². The van der Waals surface area contributed by atoms with Gasteiger partial charge in [0.25, 0.3) is 0 Å². The molecule has 1 fully saturated rings. The minimum Gasteiger partial charge on any atom is -0.496 e. The van der Waals surface area contributed by atoms with Crippen molar-refractivity contribution in [2.45, 2.75) is 5.88 Å². The fraction of sp³-hybridized carbons (Fsp3) is 0.250. The molecular weight excluding hydrogens is 286 g/mol. The second kappa shape index (κ2) is 6.58. The number of amides is 1. The Bertz CT molecular complexity index is 546. The fourth-order valence-electron chi connectivity index (χ4n) is 1.51. The van der Waals surface area contributed by atoms with Crippen LogP contribution in [0.15, 0.2) is 28.4 Å². The molecule has 1 amide bonds. The molecule has 0 saturated carbocycles. The van der Waals surface area contributed by atoms with Crippen LogP contribution in [0.2, 0.25) is 0 Å². The Kier molecular flexibility index (Phi) is 4.81. The second-order valence-corrected chi connectivity index (χ2v) is 4.92. The van der Waals surface area contributed by atoms with Gasteiger partial charge in [0.2, 0.25) is 5.91 Å². The number of hydrogen-bond acceptors (Lipinski definition) is 5. The summed E-state index contributed by atoms with van der Waals surface area (Å²) in [6, 6.07) is 5.58. The molecule has 1 aliphatic heterocycles. The summed E-state index contributed by atoms with van der Waals surface area (Å²) in [5.74, 6) is 1.46. The summed E-state index contributed by atoms with van der Waals surface area (Å²) >= 11 is 7.17. The Labute approximate surface area is 120 Å². The maximum Gasteiger partial charge on any atom is 0.236 e. The number of halogens is 1. The molecule has 0 atom stereocenters. The number of nitrogens with one attached hydrogen (secondary N) is 1. The van der Waals surface area contributed by atoms with Gasteiger partial charge in [-0.2, -0.15) is 5.10 Å². The van der Waals surface area contributed by atoms with E-state index in [4.69, 9.17) is 16.3 Å². The molecule has 5 nitrogen and oxygen atoms in total. The molecule has 2 rings (SSSR count). The third-order valence-electron chi connectivity index (χ3n) is 2.39. The molecule has 1 aliphatic rings. The predicted molar refractivity (Wildman–Crippen MR) is 78.2 cm³/mol. The first-order valence-corrected chi connectivity index (χ1v) is 7.01. The largest absolute Gasteiger partial charge is 0.496 e. The van der Waals surface area contributed by atoms with E-state index in [2.05, 4.69) is 15.5 Å². The first-order valence-electron chi connectivity index (χ1n) is 5.49. The number of alkyl halides is 1. The number of carbonyl (C=O) groups is 1. The topological polar surface area (TPSA) is 63.1 Å². The summed E-state index contributed by atoms with van der Waals surface area (Å²) < 4.78 is 5.18. The quantitative estimate of drug-likeness (QED) is 0.525. The Morgan fingerprint density at radius 2 is 2.42 bits per heavy atom. The molecule has 0 radical (unpaired) electrons. The number of ether oxygens (including phenoxy) is 1. The molecule has 1 aromatic carbocycles. The van der Waals surface area contributed by atoms with Gasteiger partial charge in [-0.25, -0.2) is 0 Å². The van der Waals surface area contributed by atoms with Gasteiger partial charge in [-0.05, 0) is 23.8 Å². The fourth-order valence-corrected chi connectivity index (χ4v) is 2.35. The molecule has 1 aromatic rings. The molecule has 1 saturated heterocycles. The Morgan fingerprint density at radius 3 is 3.05 bits per heavy atom. The molecule has 100 valence electrons. The van der Waals surface area contributed by atoms with E-state index in [1.165, 1.54) is 11.8 Å². The van der Waals surface area contributed by atoms with Crippen LogP contribution in [0.3, 0.4) is 0 Å². The van der Waals surface area contributed by atoms with Gasteiger partial charge in [0, 0.05) is 5.56 Å². The smallest absolute Gasteiger partial charge is 0.236 e. The average Bonchev–Trinajstić information content (AvgIpc) is 2.84. The van der Waals surface area contributed by atoms with Crippen LogP contribution < -0.4 is 10.1 Å². The summed E-state index contributed by atoms with van der Waals surface area (Å²) in [7, 11) is 1.60. The van der Waals surface area contributed by atoms with Crippen molar-refractivity contribution in [3.63, 3.8) is 0 Å². The summed E-state index contributed by atoms with van der Waals surface area (Å²) in [5, 5.41) is 11.0. The van der Waals surface area contributed by atoms with Crippen LogP contribution in [-0.2, 0) is 10.7 Å². The SMILES string of the molecule is COc1ccc(C=NN=C2NC(=O)CS2)cc1CCl. The van der Waals surface area contributed by atoms with Crippen molar-refractivity contribution in [3.05, 3.63) is 29.3 Å². The molecule has 1 heterocycles. The van der Waals surface area contributed by atoms with Crippen molar-refractivity contribution in [3.8, 4) is 5.75 Å². The molecule has 7 heteroatoms. The van der Waals surface area contributed by atoms with E-state index in [0.717, 1.165) is 16.9 Å². The van der Waals surface area contributed by atoms with Crippen molar-refractivity contribution >= 4 is 40.7 Å². The van der Waals surface area contributed by atoms with E-state index in [1.54, 1.807) is 13.3 Å². The minimum atomic E-state index is -0.0483. The van der Waals surface area contributed by atoms with Gasteiger partial charge >= 0.3 is 0 Å². The van der Waals surface area contributed by atoms with E-state index in [1.807, 2.05) is 18.2 Å². The van der Waals surface area contributed by atoms with Gasteiger partial charge in [-0.3, -0.25) is 4.79 Å². The van der Waals surface area contributed by atoms with Crippen molar-refractivity contribution in [2.24, 2.45) is 10.2 Å². The molecule has 0 bridgehead atoms. The van der Waals surface area contributed by atoms with Crippen LogP contribution in [0.5, 0.6) is 5.75 Å². The Balaban J connectivity index is 2.08. The zero-order valence-electron chi connectivity index (χ0n) is 10.2. The summed E-state index contributed by atoms with van der Waals surface area (Å²) in [4.78, 5) is 10.9. The highest BCUT2D eigenvalue weighted by Gasteiger charge is 2.15. The van der Waals surface area contributed by atoms with Crippen molar-refractivity contribution < 1.29 is 9.53 Å². The third kappa shape index (κ3) is 3.71. The number of amidine groups is 1. The van der Waals surface area contributed by atoms with Gasteiger partial charge in [0.15, 0.2) is 5.17 Å². The summed E-state index contributed by atoms with van der Waals surface area (Å²) in [6.07, 6.45) is 1.60. The lowest BCUT2D eigenvalue weighted by Gasteiger charge is -2.05. The monoisotopic (exact) mass is 297 g/mol. The Morgan fingerprint density at radius 1 is 1.58 bits per heavy atom. The molecule has 0 aromatic heterocycles. The third-order valence-corrected chi connectivity index (χ3v) is 3.54. The number of hydrogen-bond donors (Lipinski definition) is 1. The first kappa shape index (κ1) is 13.9. The van der Waals surface area contributed by atoms with Gasteiger partial charge in [-0.15, -0.1) is 16.7 Å². The van der Waals surface area contributed by atoms with Crippen molar-refractivity contribution in [1.29, 1.82) is 0 Å².